The lowest BCUT2D eigenvalue weighted by molar-refractivity contribution is -0.280. The highest BCUT2D eigenvalue weighted by atomic mass is 16.8. The van der Waals surface area contributed by atoms with Gasteiger partial charge in [0.05, 0.1) is 6.61 Å². The van der Waals surface area contributed by atoms with Crippen LogP contribution in [0.4, 0.5) is 0 Å². The summed E-state index contributed by atoms with van der Waals surface area (Å²) in [5.41, 5.74) is 0.377. The number of carbonyl (C=O) groups excluding carboxylic acids is 1. The predicted molar refractivity (Wildman–Crippen MR) is 76.2 cm³/mol. The Morgan fingerprint density at radius 1 is 1.00 bits per heavy atom. The average molecular weight is 326 g/mol. The SMILES string of the molecule is C=C1C[C@]2(OC1=O)O[C@H]([C@H]1COC(C)(C)O1)[C@@H]1OC(C)(C)O[C@@H]12. The number of rotatable bonds is 1. The molecule has 128 valence electrons. The van der Waals surface area contributed by atoms with E-state index in [9.17, 15) is 4.79 Å². The average Bonchev–Trinajstić information content (AvgIpc) is 3.08. The Bertz CT molecular complexity index is 551. The number of fused-ring (bicyclic) bond motifs is 2. The predicted octanol–water partition coefficient (Wildman–Crippen LogP) is 1.26. The Balaban J connectivity index is 1.65. The first kappa shape index (κ1) is 15.5. The Morgan fingerprint density at radius 3 is 2.30 bits per heavy atom. The van der Waals surface area contributed by atoms with Crippen molar-refractivity contribution in [3.8, 4) is 0 Å². The number of carbonyl (C=O) groups is 1. The van der Waals surface area contributed by atoms with Gasteiger partial charge in [-0.1, -0.05) is 6.58 Å². The lowest BCUT2D eigenvalue weighted by Crippen LogP contribution is -2.43. The summed E-state index contributed by atoms with van der Waals surface area (Å²) < 4.78 is 35.2. The monoisotopic (exact) mass is 326 g/mol. The standard InChI is InChI=1S/C16H22O7/c1-8-6-16(23-13(8)17)12-11(20-15(4,5)22-12)10(21-16)9-7-18-14(2,3)19-9/h9-12H,1,6-7H2,2-5H3/t9-,10-,11+,12+,16-/m1/s1. The van der Waals surface area contributed by atoms with Gasteiger partial charge in [0.1, 0.15) is 18.3 Å². The third-order valence-corrected chi connectivity index (χ3v) is 4.63. The molecular formula is C16H22O7. The molecule has 0 saturated carbocycles. The molecule has 0 aromatic rings. The van der Waals surface area contributed by atoms with Crippen molar-refractivity contribution >= 4 is 5.97 Å². The van der Waals surface area contributed by atoms with Gasteiger partial charge in [-0.3, -0.25) is 0 Å². The maximum Gasteiger partial charge on any atom is 0.336 e. The molecule has 4 saturated heterocycles. The second kappa shape index (κ2) is 4.55. The van der Waals surface area contributed by atoms with E-state index in [1.807, 2.05) is 27.7 Å². The summed E-state index contributed by atoms with van der Waals surface area (Å²) in [6.45, 7) is 11.5. The van der Waals surface area contributed by atoms with E-state index in [4.69, 9.17) is 28.4 Å². The highest BCUT2D eigenvalue weighted by molar-refractivity contribution is 5.90. The zero-order valence-corrected chi connectivity index (χ0v) is 13.8. The van der Waals surface area contributed by atoms with Gasteiger partial charge < -0.3 is 28.4 Å². The van der Waals surface area contributed by atoms with Crippen LogP contribution >= 0.6 is 0 Å². The quantitative estimate of drug-likeness (QED) is 0.530. The highest BCUT2D eigenvalue weighted by Crippen LogP contribution is 2.51. The van der Waals surface area contributed by atoms with Gasteiger partial charge in [0.2, 0.25) is 5.79 Å². The molecule has 0 amide bonds. The molecule has 4 heterocycles. The van der Waals surface area contributed by atoms with Crippen molar-refractivity contribution in [2.45, 2.75) is 75.9 Å². The first-order valence-electron chi connectivity index (χ1n) is 7.87. The van der Waals surface area contributed by atoms with Crippen LogP contribution in [-0.2, 0) is 33.2 Å². The minimum absolute atomic E-state index is 0.264. The summed E-state index contributed by atoms with van der Waals surface area (Å²) >= 11 is 0. The van der Waals surface area contributed by atoms with E-state index >= 15 is 0 Å². The van der Waals surface area contributed by atoms with E-state index in [1.54, 1.807) is 0 Å². The fraction of sp³-hybridized carbons (Fsp3) is 0.812. The molecule has 7 nitrogen and oxygen atoms in total. The molecule has 4 aliphatic heterocycles. The van der Waals surface area contributed by atoms with Gasteiger partial charge in [0, 0.05) is 12.0 Å². The van der Waals surface area contributed by atoms with E-state index in [0.717, 1.165) is 0 Å². The molecule has 0 radical (unpaired) electrons. The van der Waals surface area contributed by atoms with Crippen LogP contribution < -0.4 is 0 Å². The van der Waals surface area contributed by atoms with Gasteiger partial charge in [0.15, 0.2) is 17.7 Å². The van der Waals surface area contributed by atoms with Crippen LogP contribution in [0.2, 0.25) is 0 Å². The van der Waals surface area contributed by atoms with Gasteiger partial charge in [-0.25, -0.2) is 4.79 Å². The molecule has 0 N–H and O–H groups in total. The van der Waals surface area contributed by atoms with E-state index in [-0.39, 0.29) is 12.5 Å². The summed E-state index contributed by atoms with van der Waals surface area (Å²) in [7, 11) is 0. The van der Waals surface area contributed by atoms with Gasteiger partial charge in [-0.2, -0.15) is 0 Å². The Hall–Kier alpha value is -0.990. The molecule has 4 rings (SSSR count). The molecule has 1 spiro atoms. The third-order valence-electron chi connectivity index (χ3n) is 4.63. The molecule has 0 aliphatic carbocycles. The van der Waals surface area contributed by atoms with Crippen LogP contribution in [-0.4, -0.2) is 54.4 Å². The van der Waals surface area contributed by atoms with Crippen LogP contribution in [0.15, 0.2) is 12.2 Å². The molecule has 7 heteroatoms. The third kappa shape index (κ3) is 2.34. The smallest absolute Gasteiger partial charge is 0.336 e. The minimum atomic E-state index is -1.19. The first-order valence-corrected chi connectivity index (χ1v) is 7.87. The van der Waals surface area contributed by atoms with Crippen molar-refractivity contribution in [2.24, 2.45) is 0 Å². The second-order valence-electron chi connectivity index (χ2n) is 7.45. The number of hydrogen-bond acceptors (Lipinski definition) is 7. The van der Waals surface area contributed by atoms with Crippen molar-refractivity contribution in [3.63, 3.8) is 0 Å². The number of hydrogen-bond donors (Lipinski definition) is 0. The Labute approximate surface area is 134 Å². The molecule has 4 aliphatic rings. The zero-order chi connectivity index (χ0) is 16.6. The van der Waals surface area contributed by atoms with Gasteiger partial charge in [-0.05, 0) is 27.7 Å². The molecule has 0 aromatic heterocycles. The lowest BCUT2D eigenvalue weighted by atomic mass is 9.99. The second-order valence-corrected chi connectivity index (χ2v) is 7.45. The maximum atomic E-state index is 11.9. The van der Waals surface area contributed by atoms with Crippen molar-refractivity contribution in [3.05, 3.63) is 12.2 Å². The Morgan fingerprint density at radius 2 is 1.74 bits per heavy atom. The molecule has 0 bridgehead atoms. The van der Waals surface area contributed by atoms with Gasteiger partial charge in [-0.15, -0.1) is 0 Å². The Kier molecular flexibility index (Phi) is 3.07. The number of ether oxygens (including phenoxy) is 6. The van der Waals surface area contributed by atoms with E-state index in [2.05, 4.69) is 6.58 Å². The van der Waals surface area contributed by atoms with Crippen LogP contribution in [0, 0.1) is 0 Å². The summed E-state index contributed by atoms with van der Waals surface area (Å²) in [6.07, 6.45) is -1.41. The minimum Gasteiger partial charge on any atom is -0.426 e. The maximum absolute atomic E-state index is 11.9. The summed E-state index contributed by atoms with van der Waals surface area (Å²) in [5, 5.41) is 0. The van der Waals surface area contributed by atoms with Crippen LogP contribution in [0.5, 0.6) is 0 Å². The van der Waals surface area contributed by atoms with Crippen molar-refractivity contribution in [2.75, 3.05) is 6.61 Å². The molecule has 0 aromatic carbocycles. The largest absolute Gasteiger partial charge is 0.426 e. The number of esters is 1. The van der Waals surface area contributed by atoms with Gasteiger partial charge >= 0.3 is 5.97 Å². The summed E-state index contributed by atoms with van der Waals surface area (Å²) in [6, 6.07) is 0. The lowest BCUT2D eigenvalue weighted by Gasteiger charge is -2.30. The summed E-state index contributed by atoms with van der Waals surface area (Å²) in [5.74, 6) is -3.10. The molecule has 4 fully saturated rings. The molecule has 23 heavy (non-hydrogen) atoms. The van der Waals surface area contributed by atoms with E-state index in [1.165, 1.54) is 0 Å². The van der Waals surface area contributed by atoms with Crippen LogP contribution in [0.1, 0.15) is 34.1 Å². The van der Waals surface area contributed by atoms with Gasteiger partial charge in [0.25, 0.3) is 0 Å². The van der Waals surface area contributed by atoms with Crippen LogP contribution in [0.25, 0.3) is 0 Å². The van der Waals surface area contributed by atoms with Crippen molar-refractivity contribution in [1.29, 1.82) is 0 Å². The fourth-order valence-corrected chi connectivity index (χ4v) is 3.76. The molecule has 5 atom stereocenters. The van der Waals surface area contributed by atoms with Crippen LogP contribution in [0.3, 0.4) is 0 Å². The summed E-state index contributed by atoms with van der Waals surface area (Å²) in [4.78, 5) is 11.9. The molecular weight excluding hydrogens is 304 g/mol. The van der Waals surface area contributed by atoms with E-state index < -0.39 is 41.6 Å². The van der Waals surface area contributed by atoms with Crippen molar-refractivity contribution < 1.29 is 33.2 Å². The van der Waals surface area contributed by atoms with Crippen molar-refractivity contribution in [1.82, 2.24) is 0 Å². The first-order chi connectivity index (χ1) is 10.6. The fourth-order valence-electron chi connectivity index (χ4n) is 3.76. The highest BCUT2D eigenvalue weighted by Gasteiger charge is 2.69. The zero-order valence-electron chi connectivity index (χ0n) is 13.8. The van der Waals surface area contributed by atoms with E-state index in [0.29, 0.717) is 12.2 Å². The topological polar surface area (TPSA) is 72.5 Å². The molecule has 0 unspecified atom stereocenters. The normalized spacial score (nSPS) is 47.3.